The van der Waals surface area contributed by atoms with E-state index >= 15 is 0 Å². The average molecular weight is 1080 g/mol. The quantitative estimate of drug-likeness (QED) is 0.0261. The number of carbonyl (C=O) groups excluding carboxylic acids is 3. The monoisotopic (exact) mass is 1080 g/mol. The van der Waals surface area contributed by atoms with E-state index in [2.05, 4.69) is 142 Å². The number of unbranched alkanes of at least 4 members (excludes halogenated alkanes) is 27. The van der Waals surface area contributed by atoms with Gasteiger partial charge in [0.1, 0.15) is 13.2 Å². The van der Waals surface area contributed by atoms with Gasteiger partial charge in [0, 0.05) is 19.3 Å². The maximum Gasteiger partial charge on any atom is 0.306 e. The predicted octanol–water partition coefficient (Wildman–Crippen LogP) is 22.4. The fraction of sp³-hybridized carbons (Fsp3) is 0.681. The van der Waals surface area contributed by atoms with Crippen molar-refractivity contribution in [3.05, 3.63) is 122 Å². The summed E-state index contributed by atoms with van der Waals surface area (Å²) in [7, 11) is 0. The van der Waals surface area contributed by atoms with Gasteiger partial charge in [0.15, 0.2) is 6.10 Å². The summed E-state index contributed by atoms with van der Waals surface area (Å²) < 4.78 is 16.9. The minimum absolute atomic E-state index is 0.0883. The Labute approximate surface area is 482 Å². The van der Waals surface area contributed by atoms with Gasteiger partial charge in [0.2, 0.25) is 0 Å². The van der Waals surface area contributed by atoms with Crippen molar-refractivity contribution in [3.63, 3.8) is 0 Å². The van der Waals surface area contributed by atoms with Crippen LogP contribution in [0.2, 0.25) is 0 Å². The number of hydrogen-bond acceptors (Lipinski definition) is 6. The summed E-state index contributed by atoms with van der Waals surface area (Å²) in [6.45, 7) is 6.46. The second-order valence-corrected chi connectivity index (χ2v) is 21.3. The largest absolute Gasteiger partial charge is 0.462 e. The van der Waals surface area contributed by atoms with Gasteiger partial charge in [-0.1, -0.05) is 271 Å². The molecule has 6 nitrogen and oxygen atoms in total. The molecule has 1 unspecified atom stereocenters. The summed E-state index contributed by atoms with van der Waals surface area (Å²) in [6, 6.07) is 0. The Balaban J connectivity index is 4.27. The Bertz CT molecular complexity index is 1620. The van der Waals surface area contributed by atoms with Gasteiger partial charge in [-0.25, -0.2) is 0 Å². The first-order valence-electron chi connectivity index (χ1n) is 32.5. The van der Waals surface area contributed by atoms with Crippen molar-refractivity contribution >= 4 is 17.9 Å². The summed E-state index contributed by atoms with van der Waals surface area (Å²) in [5.41, 5.74) is 0. The Morgan fingerprint density at radius 2 is 0.513 bits per heavy atom. The van der Waals surface area contributed by atoms with E-state index in [-0.39, 0.29) is 31.1 Å². The van der Waals surface area contributed by atoms with Gasteiger partial charge in [0.25, 0.3) is 0 Å². The van der Waals surface area contributed by atoms with E-state index in [9.17, 15) is 14.4 Å². The zero-order valence-corrected chi connectivity index (χ0v) is 50.9. The van der Waals surface area contributed by atoms with Crippen LogP contribution < -0.4 is 0 Å². The van der Waals surface area contributed by atoms with Crippen LogP contribution in [-0.2, 0) is 28.6 Å². The van der Waals surface area contributed by atoms with E-state index in [1.54, 1.807) is 0 Å². The van der Waals surface area contributed by atoms with Crippen molar-refractivity contribution in [2.24, 2.45) is 0 Å². The highest BCUT2D eigenvalue weighted by Gasteiger charge is 2.19. The molecule has 0 saturated carbocycles. The number of rotatable bonds is 58. The smallest absolute Gasteiger partial charge is 0.306 e. The number of allylic oxidation sites excluding steroid dienone is 20. The molecule has 0 aliphatic rings. The molecule has 0 aromatic heterocycles. The van der Waals surface area contributed by atoms with Crippen LogP contribution in [0.25, 0.3) is 0 Å². The van der Waals surface area contributed by atoms with Gasteiger partial charge in [-0.15, -0.1) is 0 Å². The van der Waals surface area contributed by atoms with Crippen molar-refractivity contribution in [2.45, 2.75) is 303 Å². The van der Waals surface area contributed by atoms with Crippen LogP contribution in [-0.4, -0.2) is 37.2 Å². The van der Waals surface area contributed by atoms with Gasteiger partial charge in [-0.3, -0.25) is 14.4 Å². The summed E-state index contributed by atoms with van der Waals surface area (Å²) in [5, 5.41) is 0. The molecule has 0 aromatic rings. The van der Waals surface area contributed by atoms with Crippen LogP contribution in [0.3, 0.4) is 0 Å². The molecule has 444 valence electrons. The first-order chi connectivity index (χ1) is 38.5. The molecular weight excluding hydrogens is 961 g/mol. The van der Waals surface area contributed by atoms with E-state index in [1.165, 1.54) is 128 Å². The van der Waals surface area contributed by atoms with E-state index in [0.29, 0.717) is 19.3 Å². The van der Waals surface area contributed by atoms with Crippen molar-refractivity contribution in [1.29, 1.82) is 0 Å². The third-order valence-electron chi connectivity index (χ3n) is 13.7. The number of carbonyl (C=O) groups is 3. The molecule has 0 rings (SSSR count). The molecule has 0 heterocycles. The van der Waals surface area contributed by atoms with Gasteiger partial charge >= 0.3 is 17.9 Å². The van der Waals surface area contributed by atoms with Crippen LogP contribution in [0.15, 0.2) is 122 Å². The fourth-order valence-electron chi connectivity index (χ4n) is 8.79. The summed E-state index contributed by atoms with van der Waals surface area (Å²) in [6.07, 6.45) is 90.6. The van der Waals surface area contributed by atoms with Gasteiger partial charge in [-0.2, -0.15) is 0 Å². The minimum atomic E-state index is -0.791. The highest BCUT2D eigenvalue weighted by Crippen LogP contribution is 2.15. The Kier molecular flexibility index (Phi) is 61.8. The highest BCUT2D eigenvalue weighted by molar-refractivity contribution is 5.71. The van der Waals surface area contributed by atoms with E-state index in [4.69, 9.17) is 14.2 Å². The Hall–Kier alpha value is -4.19. The summed E-state index contributed by atoms with van der Waals surface area (Å²) in [4.78, 5) is 38.3. The summed E-state index contributed by atoms with van der Waals surface area (Å²) >= 11 is 0. The van der Waals surface area contributed by atoms with Crippen LogP contribution in [0, 0.1) is 0 Å². The SMILES string of the molecule is CC/C=C\C/C=C\C/C=C\C/C=C\C/C=C\C/C=C\C/C=C\CCCCCCCCCCCC(=O)OCC(COC(=O)CCCCCCC/C=C\CCCC)OC(=O)CCCCCCCCC/C=C\C/C=C\CCCCCC. The molecule has 0 saturated heterocycles. The lowest BCUT2D eigenvalue weighted by Gasteiger charge is -2.18. The van der Waals surface area contributed by atoms with Crippen LogP contribution in [0.1, 0.15) is 297 Å². The van der Waals surface area contributed by atoms with Crippen molar-refractivity contribution in [3.8, 4) is 0 Å². The van der Waals surface area contributed by atoms with Gasteiger partial charge in [0.05, 0.1) is 0 Å². The van der Waals surface area contributed by atoms with Gasteiger partial charge in [-0.05, 0) is 128 Å². The number of hydrogen-bond donors (Lipinski definition) is 0. The number of ether oxygens (including phenoxy) is 3. The molecule has 0 amide bonds. The van der Waals surface area contributed by atoms with E-state index < -0.39 is 6.10 Å². The molecule has 0 fully saturated rings. The highest BCUT2D eigenvalue weighted by atomic mass is 16.6. The Morgan fingerprint density at radius 3 is 0.833 bits per heavy atom. The molecule has 1 atom stereocenters. The molecule has 0 radical (unpaired) electrons. The second-order valence-electron chi connectivity index (χ2n) is 21.3. The maximum absolute atomic E-state index is 12.9. The van der Waals surface area contributed by atoms with Crippen molar-refractivity contribution < 1.29 is 28.6 Å². The molecule has 0 bridgehead atoms. The molecule has 0 aliphatic carbocycles. The molecule has 0 N–H and O–H groups in total. The van der Waals surface area contributed by atoms with E-state index in [1.807, 2.05) is 0 Å². The standard InChI is InChI=1S/C72H120O6/c1-4-7-10-13-16-19-22-24-26-28-30-31-32-33-34-35-36-37-38-39-40-41-42-44-45-47-50-53-56-59-62-65-71(74)77-68-69(67-76-70(73)64-61-58-55-52-49-21-18-15-12-9-6-3)78-72(75)66-63-60-57-54-51-48-46-43-29-27-25-23-20-17-14-11-8-5-2/h7,10,15-16,18-20,23-24,26-27,29-31,33-34,36-37,39-40,69H,4-6,8-9,11-14,17,21-22,25,28,32,35,38,41-68H2,1-3H3/b10-7-,18-15-,19-16-,23-20-,26-24-,29-27-,31-30-,34-33-,37-36-,40-39-. The maximum atomic E-state index is 12.9. The molecule has 0 aromatic carbocycles. The van der Waals surface area contributed by atoms with Crippen LogP contribution in [0.4, 0.5) is 0 Å². The third-order valence-corrected chi connectivity index (χ3v) is 13.7. The summed E-state index contributed by atoms with van der Waals surface area (Å²) in [5.74, 6) is -0.907. The van der Waals surface area contributed by atoms with Gasteiger partial charge < -0.3 is 14.2 Å². The first kappa shape index (κ1) is 73.8. The zero-order chi connectivity index (χ0) is 56.4. The predicted molar refractivity (Wildman–Crippen MR) is 339 cm³/mol. The topological polar surface area (TPSA) is 78.9 Å². The third kappa shape index (κ3) is 62.7. The lowest BCUT2D eigenvalue weighted by atomic mass is 10.1. The average Bonchev–Trinajstić information content (AvgIpc) is 3.44. The lowest BCUT2D eigenvalue weighted by molar-refractivity contribution is -0.167. The molecule has 6 heteroatoms. The molecule has 0 spiro atoms. The Morgan fingerprint density at radius 1 is 0.269 bits per heavy atom. The molecule has 78 heavy (non-hydrogen) atoms. The first-order valence-corrected chi connectivity index (χ1v) is 32.5. The van der Waals surface area contributed by atoms with Crippen LogP contribution in [0.5, 0.6) is 0 Å². The van der Waals surface area contributed by atoms with Crippen molar-refractivity contribution in [2.75, 3.05) is 13.2 Å². The molecule has 0 aliphatic heterocycles. The van der Waals surface area contributed by atoms with E-state index in [0.717, 1.165) is 128 Å². The minimum Gasteiger partial charge on any atom is -0.462 e. The normalized spacial score (nSPS) is 12.9. The fourth-order valence-corrected chi connectivity index (χ4v) is 8.79. The van der Waals surface area contributed by atoms with Crippen molar-refractivity contribution in [1.82, 2.24) is 0 Å². The zero-order valence-electron chi connectivity index (χ0n) is 50.9. The number of esters is 3. The molecular formula is C72H120O6. The lowest BCUT2D eigenvalue weighted by Crippen LogP contribution is -2.30. The van der Waals surface area contributed by atoms with Crippen LogP contribution >= 0.6 is 0 Å². The second kappa shape index (κ2) is 65.3.